The van der Waals surface area contributed by atoms with Gasteiger partial charge in [0.15, 0.2) is 0 Å². The standard InChI is InChI=1S/C29H25FN2O2/c1-18-5-2-3-8-23(18)28(20-6-4-7-20)27(21-12-9-19(10-13-21)11-16-26(33)34)22-14-15-25-24(17-22)29(30)32-31-25/h2-3,5,8-17,20H,4,6-7H2,1H3,(H,31,32)(H,33,34)/b16-11+,28-27?. The maximum atomic E-state index is 14.4. The highest BCUT2D eigenvalue weighted by molar-refractivity contribution is 6.01. The Balaban J connectivity index is 1.76. The molecule has 0 saturated heterocycles. The largest absolute Gasteiger partial charge is 0.478 e. The lowest BCUT2D eigenvalue weighted by Gasteiger charge is -2.32. The Hall–Kier alpha value is -3.99. The topological polar surface area (TPSA) is 66.0 Å². The number of allylic oxidation sites excluding steroid dienone is 1. The first-order valence-electron chi connectivity index (χ1n) is 11.5. The van der Waals surface area contributed by atoms with E-state index in [0.29, 0.717) is 16.8 Å². The number of benzene rings is 3. The summed E-state index contributed by atoms with van der Waals surface area (Å²) in [7, 11) is 0. The summed E-state index contributed by atoms with van der Waals surface area (Å²) in [6.07, 6.45) is 6.15. The number of rotatable bonds is 6. The zero-order valence-corrected chi connectivity index (χ0v) is 18.9. The number of H-pyrrole nitrogens is 1. The van der Waals surface area contributed by atoms with Gasteiger partial charge in [-0.1, -0.05) is 61.0 Å². The van der Waals surface area contributed by atoms with Gasteiger partial charge in [-0.3, -0.25) is 5.10 Å². The SMILES string of the molecule is Cc1ccccc1C(=C(c1ccc(/C=C/C(=O)O)cc1)c1ccc2n[nH]c(F)c2c1)C1CCC1. The smallest absolute Gasteiger partial charge is 0.328 e. The Bertz CT molecular complexity index is 1430. The summed E-state index contributed by atoms with van der Waals surface area (Å²) < 4.78 is 14.4. The van der Waals surface area contributed by atoms with Crippen molar-refractivity contribution in [2.24, 2.45) is 5.92 Å². The molecule has 1 aliphatic rings. The molecule has 170 valence electrons. The Morgan fingerprint density at radius 2 is 1.79 bits per heavy atom. The number of carboxylic acid groups (broad SMARTS) is 1. The summed E-state index contributed by atoms with van der Waals surface area (Å²) in [5.74, 6) is -0.994. The molecule has 0 spiro atoms. The van der Waals surface area contributed by atoms with Crippen LogP contribution in [0.3, 0.4) is 0 Å². The van der Waals surface area contributed by atoms with Crippen LogP contribution in [0.1, 0.15) is 47.1 Å². The third kappa shape index (κ3) is 4.17. The number of aryl methyl sites for hydroxylation is 1. The lowest BCUT2D eigenvalue weighted by molar-refractivity contribution is -0.131. The van der Waals surface area contributed by atoms with E-state index < -0.39 is 11.9 Å². The Labute approximate surface area is 197 Å². The van der Waals surface area contributed by atoms with Crippen LogP contribution < -0.4 is 0 Å². The molecule has 1 aliphatic carbocycles. The molecule has 3 aromatic carbocycles. The van der Waals surface area contributed by atoms with Crippen LogP contribution >= 0.6 is 0 Å². The number of halogens is 1. The van der Waals surface area contributed by atoms with Crippen LogP contribution in [-0.2, 0) is 4.79 Å². The number of carboxylic acids is 1. The molecule has 0 radical (unpaired) electrons. The van der Waals surface area contributed by atoms with Gasteiger partial charge in [0.2, 0.25) is 5.95 Å². The molecule has 4 aromatic rings. The number of aromatic nitrogens is 2. The first-order valence-corrected chi connectivity index (χ1v) is 11.5. The van der Waals surface area contributed by atoms with E-state index in [1.165, 1.54) is 23.1 Å². The fourth-order valence-corrected chi connectivity index (χ4v) is 4.67. The second-order valence-electron chi connectivity index (χ2n) is 8.79. The first-order chi connectivity index (χ1) is 16.5. The first kappa shape index (κ1) is 21.8. The predicted molar refractivity (Wildman–Crippen MR) is 134 cm³/mol. The molecule has 1 aromatic heterocycles. The van der Waals surface area contributed by atoms with E-state index in [2.05, 4.69) is 35.3 Å². The van der Waals surface area contributed by atoms with E-state index in [0.717, 1.165) is 41.2 Å². The van der Waals surface area contributed by atoms with Crippen LogP contribution in [0.4, 0.5) is 4.39 Å². The van der Waals surface area contributed by atoms with Crippen LogP contribution in [0.25, 0.3) is 28.1 Å². The molecule has 0 bridgehead atoms. The van der Waals surface area contributed by atoms with Crippen LogP contribution in [0.2, 0.25) is 0 Å². The summed E-state index contributed by atoms with van der Waals surface area (Å²) in [4.78, 5) is 10.9. The fraction of sp³-hybridized carbons (Fsp3) is 0.172. The second kappa shape index (κ2) is 9.10. The van der Waals surface area contributed by atoms with Gasteiger partial charge in [-0.05, 0) is 82.9 Å². The highest BCUT2D eigenvalue weighted by atomic mass is 19.1. The minimum absolute atomic E-state index is 0.424. The zero-order valence-electron chi connectivity index (χ0n) is 18.9. The van der Waals surface area contributed by atoms with Gasteiger partial charge < -0.3 is 5.11 Å². The Kier molecular flexibility index (Phi) is 5.84. The molecule has 0 aliphatic heterocycles. The monoisotopic (exact) mass is 452 g/mol. The third-order valence-corrected chi connectivity index (χ3v) is 6.63. The van der Waals surface area contributed by atoms with E-state index >= 15 is 0 Å². The van der Waals surface area contributed by atoms with Crippen LogP contribution in [0.5, 0.6) is 0 Å². The van der Waals surface area contributed by atoms with Gasteiger partial charge in [-0.25, -0.2) is 4.79 Å². The average Bonchev–Trinajstić information content (AvgIpc) is 3.17. The Morgan fingerprint density at radius 3 is 2.47 bits per heavy atom. The van der Waals surface area contributed by atoms with Gasteiger partial charge in [-0.15, -0.1) is 0 Å². The number of carbonyl (C=O) groups is 1. The van der Waals surface area contributed by atoms with Crippen molar-refractivity contribution in [2.75, 3.05) is 0 Å². The van der Waals surface area contributed by atoms with Crippen molar-refractivity contribution in [3.63, 3.8) is 0 Å². The molecule has 2 N–H and O–H groups in total. The number of hydrogen-bond acceptors (Lipinski definition) is 2. The van der Waals surface area contributed by atoms with Gasteiger partial charge in [0, 0.05) is 6.08 Å². The molecule has 1 heterocycles. The minimum Gasteiger partial charge on any atom is -0.478 e. The van der Waals surface area contributed by atoms with Crippen molar-refractivity contribution >= 4 is 34.1 Å². The minimum atomic E-state index is -0.980. The van der Waals surface area contributed by atoms with Crippen molar-refractivity contribution in [2.45, 2.75) is 26.2 Å². The van der Waals surface area contributed by atoms with Crippen molar-refractivity contribution in [3.05, 3.63) is 107 Å². The van der Waals surface area contributed by atoms with E-state index in [9.17, 15) is 9.18 Å². The van der Waals surface area contributed by atoms with Gasteiger partial charge in [0.05, 0.1) is 10.9 Å². The number of aliphatic carboxylic acids is 1. The molecule has 4 nitrogen and oxygen atoms in total. The zero-order chi connectivity index (χ0) is 23.7. The summed E-state index contributed by atoms with van der Waals surface area (Å²) in [5.41, 5.74) is 8.13. The quantitative estimate of drug-likeness (QED) is 0.248. The predicted octanol–water partition coefficient (Wildman–Crippen LogP) is 6.87. The summed E-state index contributed by atoms with van der Waals surface area (Å²) in [6.45, 7) is 2.13. The van der Waals surface area contributed by atoms with Crippen LogP contribution in [0, 0.1) is 18.8 Å². The van der Waals surface area contributed by atoms with Gasteiger partial charge in [0.1, 0.15) is 0 Å². The molecule has 34 heavy (non-hydrogen) atoms. The van der Waals surface area contributed by atoms with E-state index in [4.69, 9.17) is 5.11 Å². The van der Waals surface area contributed by atoms with E-state index in [1.54, 1.807) is 6.08 Å². The molecule has 1 fully saturated rings. The molecule has 0 unspecified atom stereocenters. The van der Waals surface area contributed by atoms with E-state index in [1.807, 2.05) is 48.5 Å². The van der Waals surface area contributed by atoms with Crippen molar-refractivity contribution in [1.82, 2.24) is 10.2 Å². The lowest BCUT2D eigenvalue weighted by atomic mass is 9.72. The number of fused-ring (bicyclic) bond motifs is 1. The fourth-order valence-electron chi connectivity index (χ4n) is 4.67. The summed E-state index contributed by atoms with van der Waals surface area (Å²) in [5, 5.41) is 15.9. The number of nitrogens with zero attached hydrogens (tertiary/aromatic N) is 1. The van der Waals surface area contributed by atoms with E-state index in [-0.39, 0.29) is 0 Å². The molecule has 5 rings (SSSR count). The van der Waals surface area contributed by atoms with Crippen molar-refractivity contribution in [3.8, 4) is 0 Å². The highest BCUT2D eigenvalue weighted by Gasteiger charge is 2.28. The highest BCUT2D eigenvalue weighted by Crippen LogP contribution is 2.46. The average molecular weight is 453 g/mol. The summed E-state index contributed by atoms with van der Waals surface area (Å²) >= 11 is 0. The molecule has 0 amide bonds. The molecule has 1 saturated carbocycles. The maximum absolute atomic E-state index is 14.4. The van der Waals surface area contributed by atoms with Gasteiger partial charge >= 0.3 is 5.97 Å². The van der Waals surface area contributed by atoms with Gasteiger partial charge in [0.25, 0.3) is 0 Å². The lowest BCUT2D eigenvalue weighted by Crippen LogP contribution is -2.15. The Morgan fingerprint density at radius 1 is 1.06 bits per heavy atom. The molecular formula is C29H25FN2O2. The summed E-state index contributed by atoms with van der Waals surface area (Å²) in [6, 6.07) is 22.0. The third-order valence-electron chi connectivity index (χ3n) is 6.63. The molecule has 5 heteroatoms. The van der Waals surface area contributed by atoms with Crippen molar-refractivity contribution in [1.29, 1.82) is 0 Å². The normalized spacial score (nSPS) is 14.9. The number of nitrogens with one attached hydrogen (secondary N) is 1. The molecular weight excluding hydrogens is 427 g/mol. The maximum Gasteiger partial charge on any atom is 0.328 e. The van der Waals surface area contributed by atoms with Crippen molar-refractivity contribution < 1.29 is 14.3 Å². The number of aromatic amines is 1. The second-order valence-corrected chi connectivity index (χ2v) is 8.79. The molecule has 0 atom stereocenters. The van der Waals surface area contributed by atoms with Crippen LogP contribution in [0.15, 0.2) is 72.8 Å². The van der Waals surface area contributed by atoms with Crippen LogP contribution in [-0.4, -0.2) is 21.3 Å². The number of hydrogen-bond donors (Lipinski definition) is 2. The van der Waals surface area contributed by atoms with Gasteiger partial charge in [-0.2, -0.15) is 9.49 Å².